The van der Waals surface area contributed by atoms with Crippen molar-refractivity contribution in [2.45, 2.75) is 20.1 Å². The van der Waals surface area contributed by atoms with Crippen molar-refractivity contribution >= 4 is 22.6 Å². The number of hydrogen-bond donors (Lipinski definition) is 0. The van der Waals surface area contributed by atoms with Crippen molar-refractivity contribution in [3.05, 3.63) is 59.4 Å². The molecule has 0 amide bonds. The smallest absolute Gasteiger partial charge is 0.147 e. The van der Waals surface area contributed by atoms with Crippen LogP contribution in [-0.2, 0) is 13.2 Å². The second-order valence-electron chi connectivity index (χ2n) is 4.48. The quantitative estimate of drug-likeness (QED) is 0.715. The topological polar surface area (TPSA) is 27.1 Å². The van der Waals surface area contributed by atoms with Crippen LogP contribution in [0.15, 0.2) is 48.5 Å². The molecule has 0 aliphatic carbocycles. The fourth-order valence-electron chi connectivity index (χ4n) is 2.29. The van der Waals surface area contributed by atoms with Gasteiger partial charge < -0.3 is 9.30 Å². The molecule has 0 saturated heterocycles. The summed E-state index contributed by atoms with van der Waals surface area (Å²) in [5.74, 6) is 1.59. The van der Waals surface area contributed by atoms with E-state index in [1.165, 1.54) is 0 Å². The maximum atomic E-state index is 6.09. The number of hydrogen-bond acceptors (Lipinski definition) is 2. The van der Waals surface area contributed by atoms with Gasteiger partial charge in [0.05, 0.1) is 16.1 Å². The molecule has 0 radical (unpaired) electrons. The van der Waals surface area contributed by atoms with E-state index in [0.717, 1.165) is 23.4 Å². The fourth-order valence-corrected chi connectivity index (χ4v) is 2.48. The minimum atomic E-state index is 0.409. The predicted octanol–water partition coefficient (Wildman–Crippen LogP) is 4.29. The van der Waals surface area contributed by atoms with Crippen molar-refractivity contribution in [3.63, 3.8) is 0 Å². The molecule has 20 heavy (non-hydrogen) atoms. The van der Waals surface area contributed by atoms with Crippen LogP contribution < -0.4 is 4.74 Å². The molecular weight excluding hydrogens is 272 g/mol. The molecule has 1 aromatic heterocycles. The van der Waals surface area contributed by atoms with Crippen LogP contribution in [0.2, 0.25) is 5.02 Å². The van der Waals surface area contributed by atoms with Gasteiger partial charge in [-0.05, 0) is 31.2 Å². The molecule has 0 aliphatic heterocycles. The zero-order valence-corrected chi connectivity index (χ0v) is 12.0. The van der Waals surface area contributed by atoms with Crippen molar-refractivity contribution in [2.24, 2.45) is 0 Å². The normalized spacial score (nSPS) is 10.9. The minimum Gasteiger partial charge on any atom is -0.484 e. The zero-order chi connectivity index (χ0) is 13.9. The zero-order valence-electron chi connectivity index (χ0n) is 11.2. The van der Waals surface area contributed by atoms with Crippen molar-refractivity contribution in [1.82, 2.24) is 9.55 Å². The Hall–Kier alpha value is -2.00. The summed E-state index contributed by atoms with van der Waals surface area (Å²) >= 11 is 6.09. The first-order valence-corrected chi connectivity index (χ1v) is 6.99. The van der Waals surface area contributed by atoms with Crippen LogP contribution in [0.3, 0.4) is 0 Å². The van der Waals surface area contributed by atoms with Crippen LogP contribution in [0.25, 0.3) is 11.0 Å². The molecule has 0 spiro atoms. The summed E-state index contributed by atoms with van der Waals surface area (Å²) in [5.41, 5.74) is 2.12. The highest BCUT2D eigenvalue weighted by molar-refractivity contribution is 6.32. The second kappa shape index (κ2) is 5.55. The van der Waals surface area contributed by atoms with Gasteiger partial charge in [-0.3, -0.25) is 0 Å². The summed E-state index contributed by atoms with van der Waals surface area (Å²) < 4.78 is 7.94. The van der Waals surface area contributed by atoms with Gasteiger partial charge in [0.2, 0.25) is 0 Å². The molecule has 0 aliphatic rings. The molecule has 0 fully saturated rings. The SMILES string of the molecule is CCn1c(COc2ccccc2Cl)nc2ccccc21. The Kier molecular flexibility index (Phi) is 3.61. The lowest BCUT2D eigenvalue weighted by Gasteiger charge is -2.09. The summed E-state index contributed by atoms with van der Waals surface area (Å²) in [5, 5.41) is 0.617. The predicted molar refractivity (Wildman–Crippen MR) is 81.2 cm³/mol. The van der Waals surface area contributed by atoms with E-state index in [1.807, 2.05) is 42.5 Å². The summed E-state index contributed by atoms with van der Waals surface area (Å²) in [6, 6.07) is 15.6. The minimum absolute atomic E-state index is 0.409. The first kappa shape index (κ1) is 13.0. The van der Waals surface area contributed by atoms with Crippen molar-refractivity contribution in [1.29, 1.82) is 0 Å². The number of imidazole rings is 1. The van der Waals surface area contributed by atoms with Gasteiger partial charge >= 0.3 is 0 Å². The highest BCUT2D eigenvalue weighted by Gasteiger charge is 2.10. The molecule has 3 nitrogen and oxygen atoms in total. The lowest BCUT2D eigenvalue weighted by Crippen LogP contribution is -2.06. The summed E-state index contributed by atoms with van der Waals surface area (Å²) in [6.45, 7) is 3.38. The van der Waals surface area contributed by atoms with E-state index in [0.29, 0.717) is 17.4 Å². The number of halogens is 1. The van der Waals surface area contributed by atoms with Gasteiger partial charge in [-0.15, -0.1) is 0 Å². The maximum absolute atomic E-state index is 6.09. The van der Waals surface area contributed by atoms with Gasteiger partial charge in [0.15, 0.2) is 0 Å². The van der Waals surface area contributed by atoms with Gasteiger partial charge in [0, 0.05) is 6.54 Å². The van der Waals surface area contributed by atoms with Gasteiger partial charge in [0.1, 0.15) is 18.2 Å². The molecule has 0 bridgehead atoms. The number of nitrogens with zero attached hydrogens (tertiary/aromatic N) is 2. The third kappa shape index (κ3) is 2.37. The van der Waals surface area contributed by atoms with Crippen LogP contribution in [0.5, 0.6) is 5.75 Å². The van der Waals surface area contributed by atoms with Crippen molar-refractivity contribution in [3.8, 4) is 5.75 Å². The van der Waals surface area contributed by atoms with E-state index in [4.69, 9.17) is 16.3 Å². The molecule has 3 rings (SSSR count). The molecule has 102 valence electrons. The van der Waals surface area contributed by atoms with Gasteiger partial charge in [0.25, 0.3) is 0 Å². The van der Waals surface area contributed by atoms with E-state index < -0.39 is 0 Å². The Morgan fingerprint density at radius 2 is 1.85 bits per heavy atom. The Balaban J connectivity index is 1.89. The van der Waals surface area contributed by atoms with Gasteiger partial charge in [-0.25, -0.2) is 4.98 Å². The second-order valence-corrected chi connectivity index (χ2v) is 4.89. The standard InChI is InChI=1S/C16H15ClN2O/c1-2-19-14-9-5-4-8-13(14)18-16(19)11-20-15-10-6-3-7-12(15)17/h3-10H,2,11H2,1H3. The van der Waals surface area contributed by atoms with Crippen LogP contribution >= 0.6 is 11.6 Å². The Bertz CT molecular complexity index is 736. The molecule has 0 atom stereocenters. The van der Waals surface area contributed by atoms with E-state index in [-0.39, 0.29) is 0 Å². The van der Waals surface area contributed by atoms with Crippen LogP contribution in [0.4, 0.5) is 0 Å². The van der Waals surface area contributed by atoms with Gasteiger partial charge in [-0.2, -0.15) is 0 Å². The van der Waals surface area contributed by atoms with E-state index in [9.17, 15) is 0 Å². The first-order valence-electron chi connectivity index (χ1n) is 6.61. The molecule has 0 unspecified atom stereocenters. The summed E-state index contributed by atoms with van der Waals surface area (Å²) in [7, 11) is 0. The van der Waals surface area contributed by atoms with E-state index in [2.05, 4.69) is 22.5 Å². The molecule has 0 N–H and O–H groups in total. The van der Waals surface area contributed by atoms with E-state index in [1.54, 1.807) is 0 Å². The Labute approximate surface area is 122 Å². The first-order chi connectivity index (χ1) is 9.79. The molecule has 0 saturated carbocycles. The molecule has 1 heterocycles. The highest BCUT2D eigenvalue weighted by Crippen LogP contribution is 2.24. The van der Waals surface area contributed by atoms with Crippen molar-refractivity contribution < 1.29 is 4.74 Å². The number of aromatic nitrogens is 2. The summed E-state index contributed by atoms with van der Waals surface area (Å²) in [6.07, 6.45) is 0. The Morgan fingerprint density at radius 3 is 2.65 bits per heavy atom. The third-order valence-corrected chi connectivity index (χ3v) is 3.56. The number of benzene rings is 2. The van der Waals surface area contributed by atoms with Gasteiger partial charge in [-0.1, -0.05) is 35.9 Å². The van der Waals surface area contributed by atoms with Crippen LogP contribution in [0.1, 0.15) is 12.7 Å². The fraction of sp³-hybridized carbons (Fsp3) is 0.188. The van der Waals surface area contributed by atoms with Crippen LogP contribution in [0, 0.1) is 0 Å². The lowest BCUT2D eigenvalue weighted by molar-refractivity contribution is 0.291. The molecule has 3 aromatic rings. The average Bonchev–Trinajstić information content (AvgIpc) is 2.84. The van der Waals surface area contributed by atoms with Crippen LogP contribution in [-0.4, -0.2) is 9.55 Å². The molecule has 2 aromatic carbocycles. The summed E-state index contributed by atoms with van der Waals surface area (Å²) in [4.78, 5) is 4.62. The monoisotopic (exact) mass is 286 g/mol. The number of fused-ring (bicyclic) bond motifs is 1. The number of para-hydroxylation sites is 3. The number of aryl methyl sites for hydroxylation is 1. The molecule has 4 heteroatoms. The van der Waals surface area contributed by atoms with Crippen molar-refractivity contribution in [2.75, 3.05) is 0 Å². The largest absolute Gasteiger partial charge is 0.484 e. The average molecular weight is 287 g/mol. The highest BCUT2D eigenvalue weighted by atomic mass is 35.5. The molecular formula is C16H15ClN2O. The number of rotatable bonds is 4. The maximum Gasteiger partial charge on any atom is 0.147 e. The Morgan fingerprint density at radius 1 is 1.10 bits per heavy atom. The number of ether oxygens (including phenoxy) is 1. The lowest BCUT2D eigenvalue weighted by atomic mass is 10.3. The third-order valence-electron chi connectivity index (χ3n) is 3.24. The van der Waals surface area contributed by atoms with E-state index >= 15 is 0 Å².